The van der Waals surface area contributed by atoms with Gasteiger partial charge in [-0.15, -0.1) is 12.4 Å². The summed E-state index contributed by atoms with van der Waals surface area (Å²) in [6, 6.07) is 0.0199. The van der Waals surface area contributed by atoms with Crippen molar-refractivity contribution in [3.63, 3.8) is 0 Å². The second-order valence-electron chi connectivity index (χ2n) is 4.94. The molecular formula is C13H27ClN2O2. The first-order valence-corrected chi connectivity index (χ1v) is 6.83. The van der Waals surface area contributed by atoms with Crippen molar-refractivity contribution >= 4 is 18.3 Å². The molecule has 0 radical (unpaired) electrons. The first kappa shape index (κ1) is 17.7. The van der Waals surface area contributed by atoms with Gasteiger partial charge in [-0.05, 0) is 26.2 Å². The van der Waals surface area contributed by atoms with E-state index in [1.54, 1.807) is 0 Å². The summed E-state index contributed by atoms with van der Waals surface area (Å²) in [5.74, 6) is -0.0176. The maximum Gasteiger partial charge on any atom is 0.249 e. The number of ether oxygens (including phenoxy) is 1. The van der Waals surface area contributed by atoms with E-state index in [2.05, 4.69) is 5.32 Å². The van der Waals surface area contributed by atoms with Crippen LogP contribution < -0.4 is 11.1 Å². The van der Waals surface area contributed by atoms with Crippen molar-refractivity contribution in [2.75, 3.05) is 6.54 Å². The Balaban J connectivity index is 0.00000289. The van der Waals surface area contributed by atoms with Crippen LogP contribution in [0.3, 0.4) is 0 Å². The van der Waals surface area contributed by atoms with Crippen LogP contribution in [0.5, 0.6) is 0 Å². The van der Waals surface area contributed by atoms with Crippen LogP contribution >= 0.6 is 12.4 Å². The van der Waals surface area contributed by atoms with E-state index in [0.29, 0.717) is 6.54 Å². The summed E-state index contributed by atoms with van der Waals surface area (Å²) in [4.78, 5) is 11.9. The molecule has 0 heterocycles. The van der Waals surface area contributed by atoms with E-state index < -0.39 is 0 Å². The van der Waals surface area contributed by atoms with E-state index in [9.17, 15) is 4.79 Å². The van der Waals surface area contributed by atoms with Crippen molar-refractivity contribution in [2.24, 2.45) is 5.73 Å². The number of nitrogens with two attached hydrogens (primary N) is 1. The van der Waals surface area contributed by atoms with Gasteiger partial charge in [-0.1, -0.05) is 26.2 Å². The van der Waals surface area contributed by atoms with Crippen molar-refractivity contribution < 1.29 is 9.53 Å². The molecule has 1 aliphatic rings. The molecule has 0 bridgehead atoms. The lowest BCUT2D eigenvalue weighted by molar-refractivity contribution is -0.138. The molecule has 3 N–H and O–H groups in total. The average molecular weight is 279 g/mol. The fourth-order valence-corrected chi connectivity index (χ4v) is 2.17. The molecule has 5 heteroatoms. The lowest BCUT2D eigenvalue weighted by atomic mass is 9.97. The fourth-order valence-electron chi connectivity index (χ4n) is 2.17. The van der Waals surface area contributed by atoms with E-state index in [-0.39, 0.29) is 36.6 Å². The summed E-state index contributed by atoms with van der Waals surface area (Å²) in [5.41, 5.74) is 5.49. The Bertz CT molecular complexity index is 233. The van der Waals surface area contributed by atoms with Crippen molar-refractivity contribution in [1.29, 1.82) is 0 Å². The molecule has 2 atom stereocenters. The molecule has 18 heavy (non-hydrogen) atoms. The first-order chi connectivity index (χ1) is 8.17. The number of nitrogens with one attached hydrogen (secondary N) is 1. The van der Waals surface area contributed by atoms with Gasteiger partial charge in [0.2, 0.25) is 5.91 Å². The third kappa shape index (κ3) is 6.03. The number of rotatable bonds is 6. The summed E-state index contributed by atoms with van der Waals surface area (Å²) in [6.45, 7) is 4.36. The summed E-state index contributed by atoms with van der Waals surface area (Å²) >= 11 is 0. The van der Waals surface area contributed by atoms with Crippen molar-refractivity contribution in [3.8, 4) is 0 Å². The smallest absolute Gasteiger partial charge is 0.249 e. The van der Waals surface area contributed by atoms with Gasteiger partial charge < -0.3 is 15.8 Å². The van der Waals surface area contributed by atoms with Crippen LogP contribution in [0.1, 0.15) is 52.4 Å². The van der Waals surface area contributed by atoms with Gasteiger partial charge >= 0.3 is 0 Å². The number of halogens is 1. The Morgan fingerprint density at radius 2 is 2.00 bits per heavy atom. The highest BCUT2D eigenvalue weighted by molar-refractivity contribution is 5.85. The summed E-state index contributed by atoms with van der Waals surface area (Å²) in [5, 5.41) is 2.88. The lowest BCUT2D eigenvalue weighted by Gasteiger charge is -2.27. The van der Waals surface area contributed by atoms with Crippen molar-refractivity contribution in [1.82, 2.24) is 5.32 Å². The third-order valence-electron chi connectivity index (χ3n) is 3.31. The molecule has 0 aliphatic heterocycles. The lowest BCUT2D eigenvalue weighted by Crippen LogP contribution is -2.45. The molecule has 108 valence electrons. The zero-order valence-corrected chi connectivity index (χ0v) is 12.3. The molecule has 0 aromatic rings. The molecule has 1 unspecified atom stereocenters. The maximum absolute atomic E-state index is 11.9. The van der Waals surface area contributed by atoms with Gasteiger partial charge in [0.1, 0.15) is 6.10 Å². The molecule has 0 saturated heterocycles. The highest BCUT2D eigenvalue weighted by Gasteiger charge is 2.23. The number of carbonyl (C=O) groups is 1. The highest BCUT2D eigenvalue weighted by atomic mass is 35.5. The van der Waals surface area contributed by atoms with Gasteiger partial charge in [0.25, 0.3) is 0 Å². The van der Waals surface area contributed by atoms with Gasteiger partial charge in [0.15, 0.2) is 0 Å². The molecule has 1 rings (SSSR count). The number of hydrogen-bond donors (Lipinski definition) is 2. The van der Waals surface area contributed by atoms with Gasteiger partial charge in [-0.25, -0.2) is 0 Å². The van der Waals surface area contributed by atoms with Gasteiger partial charge in [-0.2, -0.15) is 0 Å². The zero-order valence-electron chi connectivity index (χ0n) is 11.5. The van der Waals surface area contributed by atoms with Crippen molar-refractivity contribution in [2.45, 2.75) is 70.6 Å². The van der Waals surface area contributed by atoms with Gasteiger partial charge in [-0.3, -0.25) is 4.79 Å². The van der Waals surface area contributed by atoms with E-state index in [0.717, 1.165) is 19.3 Å². The van der Waals surface area contributed by atoms with E-state index in [4.69, 9.17) is 10.5 Å². The van der Waals surface area contributed by atoms with Crippen LogP contribution in [-0.2, 0) is 9.53 Å². The third-order valence-corrected chi connectivity index (χ3v) is 3.31. The molecule has 0 aromatic carbocycles. The van der Waals surface area contributed by atoms with Gasteiger partial charge in [0.05, 0.1) is 6.10 Å². The minimum atomic E-state index is -0.313. The second-order valence-corrected chi connectivity index (χ2v) is 4.94. The molecule has 1 fully saturated rings. The molecule has 1 aliphatic carbocycles. The zero-order chi connectivity index (χ0) is 12.7. The van der Waals surface area contributed by atoms with Crippen LogP contribution in [0, 0.1) is 0 Å². The Labute approximate surface area is 116 Å². The SMILES string of the molecule is CCC(OC1CCCCC1)C(=O)N[C@@H](C)CN.Cl. The first-order valence-electron chi connectivity index (χ1n) is 6.83. The summed E-state index contributed by atoms with van der Waals surface area (Å²) < 4.78 is 5.89. The predicted octanol–water partition coefficient (Wildman–Crippen LogP) is 2.00. The monoisotopic (exact) mass is 278 g/mol. The normalized spacial score (nSPS) is 19.7. The molecule has 4 nitrogen and oxygen atoms in total. The van der Waals surface area contributed by atoms with Crippen LogP contribution in [0.25, 0.3) is 0 Å². The van der Waals surface area contributed by atoms with Crippen LogP contribution in [0.2, 0.25) is 0 Å². The Kier molecular flexibility index (Phi) is 9.42. The second kappa shape index (κ2) is 9.59. The number of amides is 1. The Morgan fingerprint density at radius 3 is 2.50 bits per heavy atom. The topological polar surface area (TPSA) is 64.3 Å². The molecule has 1 saturated carbocycles. The van der Waals surface area contributed by atoms with Crippen molar-refractivity contribution in [3.05, 3.63) is 0 Å². The summed E-state index contributed by atoms with van der Waals surface area (Å²) in [7, 11) is 0. The molecule has 0 aromatic heterocycles. The maximum atomic E-state index is 11.9. The van der Waals surface area contributed by atoms with E-state index in [1.165, 1.54) is 19.3 Å². The molecule has 1 amide bonds. The highest BCUT2D eigenvalue weighted by Crippen LogP contribution is 2.22. The van der Waals surface area contributed by atoms with E-state index in [1.807, 2.05) is 13.8 Å². The predicted molar refractivity (Wildman–Crippen MR) is 75.9 cm³/mol. The largest absolute Gasteiger partial charge is 0.365 e. The fraction of sp³-hybridized carbons (Fsp3) is 0.923. The number of carbonyl (C=O) groups excluding carboxylic acids is 1. The molecule has 0 spiro atoms. The van der Waals surface area contributed by atoms with E-state index >= 15 is 0 Å². The van der Waals surface area contributed by atoms with Crippen LogP contribution in [0.15, 0.2) is 0 Å². The number of hydrogen-bond acceptors (Lipinski definition) is 3. The van der Waals surface area contributed by atoms with Crippen LogP contribution in [0.4, 0.5) is 0 Å². The van der Waals surface area contributed by atoms with Gasteiger partial charge in [0, 0.05) is 12.6 Å². The standard InChI is InChI=1S/C13H26N2O2.ClH/c1-3-12(13(16)15-10(2)9-14)17-11-7-5-4-6-8-11;/h10-12H,3-9,14H2,1-2H3,(H,15,16);1H/t10-,12?;/m0./s1. The average Bonchev–Trinajstić information content (AvgIpc) is 2.36. The minimum absolute atomic E-state index is 0. The molecular weight excluding hydrogens is 252 g/mol. The van der Waals surface area contributed by atoms with Crippen LogP contribution in [-0.4, -0.2) is 30.7 Å². The minimum Gasteiger partial charge on any atom is -0.365 e. The Morgan fingerprint density at radius 1 is 1.39 bits per heavy atom. The Hall–Kier alpha value is -0.320. The summed E-state index contributed by atoms with van der Waals surface area (Å²) in [6.07, 6.45) is 6.61. The quantitative estimate of drug-likeness (QED) is 0.781.